The van der Waals surface area contributed by atoms with Gasteiger partial charge in [0.1, 0.15) is 5.82 Å². The van der Waals surface area contributed by atoms with Crippen LogP contribution in [0, 0.1) is 11.2 Å². The van der Waals surface area contributed by atoms with E-state index in [0.717, 1.165) is 24.5 Å². The summed E-state index contributed by atoms with van der Waals surface area (Å²) >= 11 is 0. The van der Waals surface area contributed by atoms with Crippen molar-refractivity contribution in [3.05, 3.63) is 41.3 Å². The summed E-state index contributed by atoms with van der Waals surface area (Å²) in [6, 6.07) is 4.78. The lowest BCUT2D eigenvalue weighted by Gasteiger charge is -2.30. The SMILES string of the molecule is CN1C=C(c2cc(CO)ccc2F)N(CC(C)(C)C)C1. The second-order valence-corrected chi connectivity index (χ2v) is 6.64. The molecule has 1 aliphatic heterocycles. The van der Waals surface area contributed by atoms with Crippen LogP contribution >= 0.6 is 0 Å². The average molecular weight is 278 g/mol. The number of benzene rings is 1. The molecule has 0 unspecified atom stereocenters. The van der Waals surface area contributed by atoms with Gasteiger partial charge in [0.2, 0.25) is 0 Å². The van der Waals surface area contributed by atoms with Crippen molar-refractivity contribution < 1.29 is 9.50 Å². The van der Waals surface area contributed by atoms with E-state index in [9.17, 15) is 9.50 Å². The van der Waals surface area contributed by atoms with Gasteiger partial charge < -0.3 is 14.9 Å². The summed E-state index contributed by atoms with van der Waals surface area (Å²) in [5.74, 6) is -0.248. The van der Waals surface area contributed by atoms with Crippen LogP contribution < -0.4 is 0 Å². The number of aliphatic hydroxyl groups is 1. The second-order valence-electron chi connectivity index (χ2n) is 6.64. The second kappa shape index (κ2) is 5.44. The van der Waals surface area contributed by atoms with Crippen LogP contribution in [0.1, 0.15) is 31.9 Å². The highest BCUT2D eigenvalue weighted by atomic mass is 19.1. The first-order valence-electron chi connectivity index (χ1n) is 6.87. The highest BCUT2D eigenvalue weighted by Crippen LogP contribution is 2.31. The molecule has 1 N–H and O–H groups in total. The largest absolute Gasteiger partial charge is 0.392 e. The van der Waals surface area contributed by atoms with Gasteiger partial charge in [-0.1, -0.05) is 26.8 Å². The van der Waals surface area contributed by atoms with Crippen molar-refractivity contribution in [1.29, 1.82) is 0 Å². The Morgan fingerprint density at radius 3 is 2.60 bits per heavy atom. The lowest BCUT2D eigenvalue weighted by Crippen LogP contribution is -2.32. The molecule has 0 amide bonds. The summed E-state index contributed by atoms with van der Waals surface area (Å²) in [5, 5.41) is 9.23. The Balaban J connectivity index is 2.36. The standard InChI is InChI=1S/C16H23FN2O/c1-16(2,3)10-19-11-18(4)8-15(19)13-7-12(9-20)5-6-14(13)17/h5-8,20H,9-11H2,1-4H3. The molecule has 0 saturated heterocycles. The monoisotopic (exact) mass is 278 g/mol. The van der Waals surface area contributed by atoms with E-state index >= 15 is 0 Å². The predicted octanol–water partition coefficient (Wildman–Crippen LogP) is 2.87. The van der Waals surface area contributed by atoms with Crippen LogP contribution in [0.15, 0.2) is 24.4 Å². The maximum Gasteiger partial charge on any atom is 0.132 e. The lowest BCUT2D eigenvalue weighted by molar-refractivity contribution is 0.227. The van der Waals surface area contributed by atoms with Crippen molar-refractivity contribution in [2.24, 2.45) is 5.41 Å². The van der Waals surface area contributed by atoms with Crippen LogP contribution in [-0.2, 0) is 6.61 Å². The van der Waals surface area contributed by atoms with E-state index in [-0.39, 0.29) is 17.8 Å². The molecule has 1 heterocycles. The summed E-state index contributed by atoms with van der Waals surface area (Å²) < 4.78 is 14.1. The molecule has 0 spiro atoms. The minimum absolute atomic E-state index is 0.0737. The maximum absolute atomic E-state index is 14.1. The van der Waals surface area contributed by atoms with E-state index in [4.69, 9.17) is 0 Å². The molecule has 20 heavy (non-hydrogen) atoms. The van der Waals surface area contributed by atoms with Gasteiger partial charge in [0.05, 0.1) is 19.0 Å². The molecular weight excluding hydrogens is 255 g/mol. The molecule has 110 valence electrons. The Labute approximate surface area is 120 Å². The quantitative estimate of drug-likeness (QED) is 0.921. The van der Waals surface area contributed by atoms with Gasteiger partial charge in [0.15, 0.2) is 0 Å². The van der Waals surface area contributed by atoms with E-state index in [1.165, 1.54) is 6.07 Å². The van der Waals surface area contributed by atoms with Crippen LogP contribution in [0.2, 0.25) is 0 Å². The zero-order valence-electron chi connectivity index (χ0n) is 12.7. The molecule has 1 aromatic carbocycles. The van der Waals surface area contributed by atoms with E-state index in [2.05, 4.69) is 25.7 Å². The van der Waals surface area contributed by atoms with Gasteiger partial charge in [-0.3, -0.25) is 0 Å². The zero-order valence-corrected chi connectivity index (χ0v) is 12.7. The lowest BCUT2D eigenvalue weighted by atomic mass is 9.95. The van der Waals surface area contributed by atoms with Crippen LogP contribution in [0.4, 0.5) is 4.39 Å². The summed E-state index contributed by atoms with van der Waals surface area (Å²) in [6.07, 6.45) is 1.96. The Morgan fingerprint density at radius 1 is 1.30 bits per heavy atom. The Morgan fingerprint density at radius 2 is 2.00 bits per heavy atom. The van der Waals surface area contributed by atoms with Crippen LogP contribution in [-0.4, -0.2) is 35.2 Å². The molecule has 0 fully saturated rings. The molecule has 0 aliphatic carbocycles. The van der Waals surface area contributed by atoms with E-state index in [0.29, 0.717) is 5.56 Å². The summed E-state index contributed by atoms with van der Waals surface area (Å²) in [4.78, 5) is 4.23. The highest BCUT2D eigenvalue weighted by Gasteiger charge is 2.26. The smallest absolute Gasteiger partial charge is 0.132 e. The number of aliphatic hydroxyl groups excluding tert-OH is 1. The van der Waals surface area contributed by atoms with Crippen molar-refractivity contribution in [2.75, 3.05) is 20.3 Å². The molecule has 2 rings (SSSR count). The van der Waals surface area contributed by atoms with E-state index in [1.54, 1.807) is 12.1 Å². The molecule has 0 aromatic heterocycles. The first-order valence-corrected chi connectivity index (χ1v) is 6.87. The van der Waals surface area contributed by atoms with Gasteiger partial charge in [-0.25, -0.2) is 4.39 Å². The zero-order chi connectivity index (χ0) is 14.9. The third-order valence-electron chi connectivity index (χ3n) is 3.23. The van der Waals surface area contributed by atoms with Crippen molar-refractivity contribution in [3.8, 4) is 0 Å². The summed E-state index contributed by atoms with van der Waals surface area (Å²) in [6.45, 7) is 8.05. The molecule has 0 bridgehead atoms. The van der Waals surface area contributed by atoms with Gasteiger partial charge in [-0.15, -0.1) is 0 Å². The normalized spacial score (nSPS) is 15.8. The molecule has 0 saturated carbocycles. The van der Waals surface area contributed by atoms with Crippen LogP contribution in [0.5, 0.6) is 0 Å². The molecule has 3 nitrogen and oxygen atoms in total. The Hall–Kier alpha value is -1.55. The third-order valence-corrected chi connectivity index (χ3v) is 3.23. The number of rotatable bonds is 3. The van der Waals surface area contributed by atoms with Crippen molar-refractivity contribution in [1.82, 2.24) is 9.80 Å². The molecule has 0 atom stereocenters. The average Bonchev–Trinajstić information content (AvgIpc) is 2.68. The number of nitrogens with zero attached hydrogens (tertiary/aromatic N) is 2. The van der Waals surface area contributed by atoms with E-state index < -0.39 is 0 Å². The summed E-state index contributed by atoms with van der Waals surface area (Å²) in [5.41, 5.74) is 2.31. The Bertz CT molecular complexity index is 520. The molecule has 1 aliphatic rings. The first kappa shape index (κ1) is 14.9. The fourth-order valence-corrected chi connectivity index (χ4v) is 2.49. The number of halogens is 1. The molecule has 1 aromatic rings. The highest BCUT2D eigenvalue weighted by molar-refractivity contribution is 5.66. The van der Waals surface area contributed by atoms with Crippen molar-refractivity contribution >= 4 is 5.70 Å². The predicted molar refractivity (Wildman–Crippen MR) is 79.1 cm³/mol. The van der Waals surface area contributed by atoms with Crippen LogP contribution in [0.25, 0.3) is 5.70 Å². The molecular formula is C16H23FN2O. The maximum atomic E-state index is 14.1. The van der Waals surface area contributed by atoms with Gasteiger partial charge in [0, 0.05) is 25.4 Å². The minimum Gasteiger partial charge on any atom is -0.392 e. The first-order chi connectivity index (χ1) is 9.30. The fourth-order valence-electron chi connectivity index (χ4n) is 2.49. The minimum atomic E-state index is -0.248. The topological polar surface area (TPSA) is 26.7 Å². The van der Waals surface area contributed by atoms with Crippen molar-refractivity contribution in [2.45, 2.75) is 27.4 Å². The van der Waals surface area contributed by atoms with Crippen LogP contribution in [0.3, 0.4) is 0 Å². The van der Waals surface area contributed by atoms with Gasteiger partial charge in [0.25, 0.3) is 0 Å². The Kier molecular flexibility index (Phi) is 4.04. The van der Waals surface area contributed by atoms with Gasteiger partial charge >= 0.3 is 0 Å². The molecule has 4 heteroatoms. The van der Waals surface area contributed by atoms with E-state index in [1.807, 2.05) is 18.1 Å². The fraction of sp³-hybridized carbons (Fsp3) is 0.500. The third kappa shape index (κ3) is 3.31. The number of hydrogen-bond donors (Lipinski definition) is 1. The van der Waals surface area contributed by atoms with Gasteiger partial charge in [-0.05, 0) is 23.1 Å². The van der Waals surface area contributed by atoms with Gasteiger partial charge in [-0.2, -0.15) is 0 Å². The van der Waals surface area contributed by atoms with Crippen molar-refractivity contribution in [3.63, 3.8) is 0 Å². The summed E-state index contributed by atoms with van der Waals surface area (Å²) in [7, 11) is 1.98. The number of hydrogen-bond acceptors (Lipinski definition) is 3. The molecule has 0 radical (unpaired) electrons.